The highest BCUT2D eigenvalue weighted by molar-refractivity contribution is 6.31. The molecule has 0 fully saturated rings. The van der Waals surface area contributed by atoms with E-state index in [1.54, 1.807) is 0 Å². The van der Waals surface area contributed by atoms with Gasteiger partial charge >= 0.3 is 6.18 Å². The van der Waals surface area contributed by atoms with Gasteiger partial charge in [0.2, 0.25) is 6.79 Å². The van der Waals surface area contributed by atoms with Crippen LogP contribution in [-0.4, -0.2) is 13.0 Å². The summed E-state index contributed by atoms with van der Waals surface area (Å²) in [5.41, 5.74) is 5.68. The molecule has 1 aliphatic rings. The van der Waals surface area contributed by atoms with Crippen LogP contribution in [0.2, 0.25) is 5.02 Å². The predicted octanol–water partition coefficient (Wildman–Crippen LogP) is 3.02. The highest BCUT2D eigenvalue weighted by Gasteiger charge is 2.32. The van der Waals surface area contributed by atoms with Crippen LogP contribution in [0.4, 0.5) is 13.2 Å². The van der Waals surface area contributed by atoms with Crippen molar-refractivity contribution in [3.63, 3.8) is 0 Å². The van der Waals surface area contributed by atoms with Crippen LogP contribution in [-0.2, 0) is 0 Å². The molecular formula is C10H9ClF3NO2. The van der Waals surface area contributed by atoms with Crippen LogP contribution in [0.5, 0.6) is 11.5 Å². The number of benzene rings is 1. The molecule has 7 heteroatoms. The fourth-order valence-corrected chi connectivity index (χ4v) is 1.87. The molecule has 1 heterocycles. The Hall–Kier alpha value is -1.14. The van der Waals surface area contributed by atoms with Gasteiger partial charge < -0.3 is 15.2 Å². The molecule has 17 heavy (non-hydrogen) atoms. The minimum atomic E-state index is -4.33. The summed E-state index contributed by atoms with van der Waals surface area (Å²) >= 11 is 5.85. The summed E-state index contributed by atoms with van der Waals surface area (Å²) < 4.78 is 46.8. The van der Waals surface area contributed by atoms with E-state index in [9.17, 15) is 13.2 Å². The molecule has 0 unspecified atom stereocenters. The van der Waals surface area contributed by atoms with Crippen molar-refractivity contribution < 1.29 is 22.6 Å². The fraction of sp³-hybridized carbons (Fsp3) is 0.400. The second kappa shape index (κ2) is 4.27. The van der Waals surface area contributed by atoms with Gasteiger partial charge in [-0.25, -0.2) is 0 Å². The molecule has 1 atom stereocenters. The monoisotopic (exact) mass is 267 g/mol. The van der Waals surface area contributed by atoms with E-state index < -0.39 is 18.6 Å². The van der Waals surface area contributed by atoms with Crippen molar-refractivity contribution in [2.75, 3.05) is 6.79 Å². The minimum absolute atomic E-state index is 0.0314. The molecular weight excluding hydrogens is 259 g/mol. The van der Waals surface area contributed by atoms with E-state index in [-0.39, 0.29) is 17.4 Å². The summed E-state index contributed by atoms with van der Waals surface area (Å²) in [6, 6.07) is 1.59. The molecule has 1 aromatic carbocycles. The lowest BCUT2D eigenvalue weighted by Crippen LogP contribution is -2.20. The standard InChI is InChI=1S/C10H9ClF3NO2/c11-6-2-9-8(16-4-17-9)1-5(6)7(15)3-10(12,13)14/h1-2,7H,3-4,15H2/t7-/m1/s1. The summed E-state index contributed by atoms with van der Waals surface area (Å²) in [6.07, 6.45) is -5.47. The van der Waals surface area contributed by atoms with E-state index in [1.807, 2.05) is 0 Å². The average molecular weight is 268 g/mol. The van der Waals surface area contributed by atoms with Gasteiger partial charge in [0, 0.05) is 17.1 Å². The molecule has 0 aliphatic carbocycles. The van der Waals surface area contributed by atoms with Crippen LogP contribution < -0.4 is 15.2 Å². The zero-order valence-electron chi connectivity index (χ0n) is 8.55. The predicted molar refractivity (Wildman–Crippen MR) is 55.2 cm³/mol. The maximum atomic E-state index is 12.2. The Labute approximate surface area is 100 Å². The SMILES string of the molecule is N[C@H](CC(F)(F)F)c1cc2c(cc1Cl)OCO2. The van der Waals surface area contributed by atoms with Crippen LogP contribution in [0.1, 0.15) is 18.0 Å². The molecule has 1 aromatic rings. The second-order valence-electron chi connectivity index (χ2n) is 3.65. The van der Waals surface area contributed by atoms with E-state index in [1.165, 1.54) is 12.1 Å². The largest absolute Gasteiger partial charge is 0.454 e. The van der Waals surface area contributed by atoms with E-state index in [4.69, 9.17) is 26.8 Å². The van der Waals surface area contributed by atoms with Gasteiger partial charge in [-0.15, -0.1) is 0 Å². The first kappa shape index (κ1) is 12.3. The smallest absolute Gasteiger partial charge is 0.390 e. The average Bonchev–Trinajstić information content (AvgIpc) is 2.60. The third kappa shape index (κ3) is 2.76. The Morgan fingerprint density at radius 1 is 1.29 bits per heavy atom. The van der Waals surface area contributed by atoms with E-state index in [2.05, 4.69) is 0 Å². The minimum Gasteiger partial charge on any atom is -0.454 e. The molecule has 0 aromatic heterocycles. The number of halogens is 4. The van der Waals surface area contributed by atoms with Crippen LogP contribution in [0.3, 0.4) is 0 Å². The zero-order valence-corrected chi connectivity index (χ0v) is 9.31. The molecule has 0 saturated heterocycles. The number of hydrogen-bond donors (Lipinski definition) is 1. The van der Waals surface area contributed by atoms with Crippen LogP contribution >= 0.6 is 11.6 Å². The lowest BCUT2D eigenvalue weighted by Gasteiger charge is -2.16. The number of alkyl halides is 3. The van der Waals surface area contributed by atoms with Gasteiger partial charge in [0.05, 0.1) is 6.42 Å². The Morgan fingerprint density at radius 3 is 2.47 bits per heavy atom. The van der Waals surface area contributed by atoms with E-state index in [0.717, 1.165) is 0 Å². The van der Waals surface area contributed by atoms with Gasteiger partial charge in [0.15, 0.2) is 11.5 Å². The maximum Gasteiger partial charge on any atom is 0.390 e. The molecule has 94 valence electrons. The third-order valence-electron chi connectivity index (χ3n) is 2.34. The molecule has 0 radical (unpaired) electrons. The van der Waals surface area contributed by atoms with Crippen LogP contribution in [0.25, 0.3) is 0 Å². The Morgan fingerprint density at radius 2 is 1.88 bits per heavy atom. The Balaban J connectivity index is 2.26. The van der Waals surface area contributed by atoms with Gasteiger partial charge in [0.1, 0.15) is 0 Å². The summed E-state index contributed by atoms with van der Waals surface area (Å²) in [5, 5.41) is 0.144. The van der Waals surface area contributed by atoms with Crippen molar-refractivity contribution in [1.29, 1.82) is 0 Å². The molecule has 1 aliphatic heterocycles. The van der Waals surface area contributed by atoms with Gasteiger partial charge in [-0.1, -0.05) is 11.6 Å². The zero-order chi connectivity index (χ0) is 12.6. The van der Waals surface area contributed by atoms with Gasteiger partial charge in [-0.2, -0.15) is 13.2 Å². The summed E-state index contributed by atoms with van der Waals surface area (Å²) in [6.45, 7) is 0.0314. The normalized spacial score (nSPS) is 16.1. The van der Waals surface area contributed by atoms with E-state index >= 15 is 0 Å². The Bertz CT molecular complexity index is 436. The number of hydrogen-bond acceptors (Lipinski definition) is 3. The number of rotatable bonds is 2. The third-order valence-corrected chi connectivity index (χ3v) is 2.67. The highest BCUT2D eigenvalue weighted by atomic mass is 35.5. The first-order chi connectivity index (χ1) is 7.87. The Kier molecular flexibility index (Phi) is 3.09. The van der Waals surface area contributed by atoms with Gasteiger partial charge in [-0.3, -0.25) is 0 Å². The lowest BCUT2D eigenvalue weighted by molar-refractivity contribution is -0.138. The number of nitrogens with two attached hydrogens (primary N) is 1. The quantitative estimate of drug-likeness (QED) is 0.896. The number of fused-ring (bicyclic) bond motifs is 1. The first-order valence-corrected chi connectivity index (χ1v) is 5.16. The van der Waals surface area contributed by atoms with Crippen molar-refractivity contribution >= 4 is 11.6 Å². The molecule has 2 N–H and O–H groups in total. The summed E-state index contributed by atoms with van der Waals surface area (Å²) in [7, 11) is 0. The van der Waals surface area contributed by atoms with Crippen molar-refractivity contribution in [2.24, 2.45) is 5.73 Å². The topological polar surface area (TPSA) is 44.5 Å². The van der Waals surface area contributed by atoms with Crippen molar-refractivity contribution in [3.8, 4) is 11.5 Å². The molecule has 0 saturated carbocycles. The molecule has 0 spiro atoms. The second-order valence-corrected chi connectivity index (χ2v) is 4.06. The molecule has 2 rings (SSSR count). The molecule has 0 bridgehead atoms. The summed E-state index contributed by atoms with van der Waals surface area (Å²) in [5.74, 6) is 0.778. The molecule has 0 amide bonds. The van der Waals surface area contributed by atoms with Crippen molar-refractivity contribution in [3.05, 3.63) is 22.7 Å². The fourth-order valence-electron chi connectivity index (χ4n) is 1.58. The van der Waals surface area contributed by atoms with Crippen LogP contribution in [0.15, 0.2) is 12.1 Å². The maximum absolute atomic E-state index is 12.2. The lowest BCUT2D eigenvalue weighted by atomic mass is 10.0. The first-order valence-electron chi connectivity index (χ1n) is 4.78. The van der Waals surface area contributed by atoms with Crippen molar-refractivity contribution in [1.82, 2.24) is 0 Å². The number of ether oxygens (including phenoxy) is 2. The van der Waals surface area contributed by atoms with Crippen molar-refractivity contribution in [2.45, 2.75) is 18.6 Å². The van der Waals surface area contributed by atoms with E-state index in [0.29, 0.717) is 11.5 Å². The summed E-state index contributed by atoms with van der Waals surface area (Å²) in [4.78, 5) is 0. The van der Waals surface area contributed by atoms with Crippen LogP contribution in [0, 0.1) is 0 Å². The molecule has 3 nitrogen and oxygen atoms in total. The van der Waals surface area contributed by atoms with Gasteiger partial charge in [-0.05, 0) is 11.6 Å². The van der Waals surface area contributed by atoms with Gasteiger partial charge in [0.25, 0.3) is 0 Å². The highest BCUT2D eigenvalue weighted by Crippen LogP contribution is 2.40.